The number of benzene rings is 2. The summed E-state index contributed by atoms with van der Waals surface area (Å²) in [6.07, 6.45) is 0. The summed E-state index contributed by atoms with van der Waals surface area (Å²) in [5, 5.41) is 10.6. The van der Waals surface area contributed by atoms with Crippen LogP contribution in [0.15, 0.2) is 47.4 Å². The molecule has 0 aromatic heterocycles. The predicted octanol–water partition coefficient (Wildman–Crippen LogP) is 2.13. The molecule has 0 amide bonds. The number of nitro groups is 1. The Balaban J connectivity index is 1.85. The van der Waals surface area contributed by atoms with Gasteiger partial charge in [0, 0.05) is 18.2 Å². The average molecular weight is 337 g/mol. The third-order valence-corrected chi connectivity index (χ3v) is 4.30. The Labute approximate surface area is 131 Å². The van der Waals surface area contributed by atoms with E-state index in [2.05, 4.69) is 0 Å². The summed E-state index contributed by atoms with van der Waals surface area (Å²) < 4.78 is 40.1. The molecule has 0 N–H and O–H groups in total. The molecule has 2 aromatic rings. The van der Waals surface area contributed by atoms with Crippen molar-refractivity contribution in [2.75, 3.05) is 13.2 Å². The van der Waals surface area contributed by atoms with Crippen molar-refractivity contribution in [3.63, 3.8) is 0 Å². The van der Waals surface area contributed by atoms with E-state index in [-0.39, 0.29) is 16.3 Å². The molecule has 0 bridgehead atoms. The monoisotopic (exact) mass is 337 g/mol. The van der Waals surface area contributed by atoms with Gasteiger partial charge in [0.05, 0.1) is 4.92 Å². The number of rotatable bonds is 4. The molecule has 0 radical (unpaired) electrons. The first-order valence-corrected chi connectivity index (χ1v) is 7.95. The first kappa shape index (κ1) is 15.1. The zero-order chi connectivity index (χ0) is 16.4. The molecule has 0 aliphatic carbocycles. The standard InChI is InChI=1S/C14H11NO7S/c16-15(17)10-1-3-11(4-2-10)22-23(18,19)12-5-6-13-14(9-12)21-8-7-20-13/h1-6,9H,7-8H2. The van der Waals surface area contributed by atoms with Gasteiger partial charge in [-0.1, -0.05) is 0 Å². The quantitative estimate of drug-likeness (QED) is 0.478. The van der Waals surface area contributed by atoms with E-state index in [1.54, 1.807) is 0 Å². The van der Waals surface area contributed by atoms with Crippen LogP contribution in [0.5, 0.6) is 17.2 Å². The first-order chi connectivity index (χ1) is 11.0. The van der Waals surface area contributed by atoms with Crippen LogP contribution in [0.25, 0.3) is 0 Å². The SMILES string of the molecule is O=[N+]([O-])c1ccc(OS(=O)(=O)c2ccc3c(c2)OCCO3)cc1. The molecule has 1 aliphatic heterocycles. The van der Waals surface area contributed by atoms with Gasteiger partial charge >= 0.3 is 10.1 Å². The van der Waals surface area contributed by atoms with Crippen molar-refractivity contribution in [3.05, 3.63) is 52.6 Å². The highest BCUT2D eigenvalue weighted by molar-refractivity contribution is 7.87. The summed E-state index contributed by atoms with van der Waals surface area (Å²) in [5.41, 5.74) is -0.158. The first-order valence-electron chi connectivity index (χ1n) is 6.54. The molecule has 8 nitrogen and oxygen atoms in total. The van der Waals surface area contributed by atoms with Gasteiger partial charge in [-0.3, -0.25) is 10.1 Å². The van der Waals surface area contributed by atoms with Gasteiger partial charge < -0.3 is 13.7 Å². The van der Waals surface area contributed by atoms with Crippen molar-refractivity contribution in [3.8, 4) is 17.2 Å². The Morgan fingerprint density at radius 2 is 1.65 bits per heavy atom. The fourth-order valence-electron chi connectivity index (χ4n) is 1.98. The van der Waals surface area contributed by atoms with Crippen LogP contribution in [0.2, 0.25) is 0 Å². The lowest BCUT2D eigenvalue weighted by Gasteiger charge is -2.18. The fraction of sp³-hybridized carbons (Fsp3) is 0.143. The van der Waals surface area contributed by atoms with Crippen LogP contribution in [0, 0.1) is 10.1 Å². The lowest BCUT2D eigenvalue weighted by atomic mass is 10.3. The van der Waals surface area contributed by atoms with E-state index < -0.39 is 15.0 Å². The molecule has 3 rings (SSSR count). The molecule has 0 spiro atoms. The second kappa shape index (κ2) is 5.76. The van der Waals surface area contributed by atoms with Gasteiger partial charge in [0.25, 0.3) is 5.69 Å². The zero-order valence-electron chi connectivity index (χ0n) is 11.7. The number of fused-ring (bicyclic) bond motifs is 1. The van der Waals surface area contributed by atoms with E-state index in [0.29, 0.717) is 24.7 Å². The van der Waals surface area contributed by atoms with Gasteiger partial charge in [-0.15, -0.1) is 0 Å². The fourth-order valence-corrected chi connectivity index (χ4v) is 2.92. The van der Waals surface area contributed by atoms with Gasteiger partial charge in [-0.2, -0.15) is 8.42 Å². The van der Waals surface area contributed by atoms with Gasteiger partial charge in [0.1, 0.15) is 23.9 Å². The maximum Gasteiger partial charge on any atom is 0.339 e. The van der Waals surface area contributed by atoms with E-state index >= 15 is 0 Å². The largest absolute Gasteiger partial charge is 0.486 e. The van der Waals surface area contributed by atoms with Crippen LogP contribution < -0.4 is 13.7 Å². The minimum absolute atomic E-state index is 0.0227. The van der Waals surface area contributed by atoms with Crippen molar-refractivity contribution in [2.24, 2.45) is 0 Å². The topological polar surface area (TPSA) is 105 Å². The minimum atomic E-state index is -4.09. The maximum absolute atomic E-state index is 12.3. The van der Waals surface area contributed by atoms with Crippen LogP contribution >= 0.6 is 0 Å². The van der Waals surface area contributed by atoms with Crippen LogP contribution in [0.1, 0.15) is 0 Å². The smallest absolute Gasteiger partial charge is 0.339 e. The third kappa shape index (κ3) is 3.19. The summed E-state index contributed by atoms with van der Waals surface area (Å²) in [6, 6.07) is 8.90. The van der Waals surface area contributed by atoms with Crippen LogP contribution in [-0.4, -0.2) is 26.6 Å². The highest BCUT2D eigenvalue weighted by atomic mass is 32.2. The Morgan fingerprint density at radius 3 is 2.30 bits per heavy atom. The Kier molecular flexibility index (Phi) is 3.78. The predicted molar refractivity (Wildman–Crippen MR) is 78.3 cm³/mol. The molecule has 9 heteroatoms. The van der Waals surface area contributed by atoms with Gasteiger partial charge in [0.15, 0.2) is 11.5 Å². The lowest BCUT2D eigenvalue weighted by Crippen LogP contribution is -2.16. The summed E-state index contributed by atoms with van der Waals surface area (Å²) in [6.45, 7) is 0.734. The molecule has 23 heavy (non-hydrogen) atoms. The molecule has 120 valence electrons. The summed E-state index contributed by atoms with van der Waals surface area (Å²) in [5.74, 6) is 0.764. The number of non-ortho nitro benzene ring substituents is 1. The molecule has 2 aromatic carbocycles. The van der Waals surface area contributed by atoms with Crippen molar-refractivity contribution in [2.45, 2.75) is 4.90 Å². The second-order valence-electron chi connectivity index (χ2n) is 4.59. The normalized spacial score (nSPS) is 13.4. The summed E-state index contributed by atoms with van der Waals surface area (Å²) >= 11 is 0. The van der Waals surface area contributed by atoms with Gasteiger partial charge in [0.2, 0.25) is 0 Å². The van der Waals surface area contributed by atoms with Crippen LogP contribution in [0.3, 0.4) is 0 Å². The van der Waals surface area contributed by atoms with Crippen LogP contribution in [-0.2, 0) is 10.1 Å². The number of nitrogens with zero attached hydrogens (tertiary/aromatic N) is 1. The molecule has 1 heterocycles. The van der Waals surface area contributed by atoms with E-state index in [0.717, 1.165) is 12.1 Å². The molecular weight excluding hydrogens is 326 g/mol. The highest BCUT2D eigenvalue weighted by Crippen LogP contribution is 2.33. The summed E-state index contributed by atoms with van der Waals surface area (Å²) in [7, 11) is -4.09. The number of ether oxygens (including phenoxy) is 2. The van der Waals surface area contributed by atoms with E-state index in [9.17, 15) is 18.5 Å². The van der Waals surface area contributed by atoms with Crippen molar-refractivity contribution < 1.29 is 27.0 Å². The third-order valence-electron chi connectivity index (χ3n) is 3.06. The number of nitro benzene ring substituents is 1. The van der Waals surface area contributed by atoms with Gasteiger partial charge in [-0.05, 0) is 24.3 Å². The molecule has 0 saturated carbocycles. The number of hydrogen-bond donors (Lipinski definition) is 0. The average Bonchev–Trinajstić information content (AvgIpc) is 2.54. The Bertz CT molecular complexity index is 846. The van der Waals surface area contributed by atoms with Crippen molar-refractivity contribution in [1.82, 2.24) is 0 Å². The molecule has 0 saturated heterocycles. The van der Waals surface area contributed by atoms with Gasteiger partial charge in [-0.25, -0.2) is 0 Å². The maximum atomic E-state index is 12.3. The van der Waals surface area contributed by atoms with Crippen molar-refractivity contribution in [1.29, 1.82) is 0 Å². The lowest BCUT2D eigenvalue weighted by molar-refractivity contribution is -0.384. The molecule has 0 unspecified atom stereocenters. The van der Waals surface area contributed by atoms with Crippen LogP contribution in [0.4, 0.5) is 5.69 Å². The van der Waals surface area contributed by atoms with Crippen molar-refractivity contribution >= 4 is 15.8 Å². The van der Waals surface area contributed by atoms with E-state index in [1.807, 2.05) is 0 Å². The van der Waals surface area contributed by atoms with E-state index in [1.165, 1.54) is 30.3 Å². The Morgan fingerprint density at radius 1 is 1.00 bits per heavy atom. The highest BCUT2D eigenvalue weighted by Gasteiger charge is 2.21. The summed E-state index contributed by atoms with van der Waals surface area (Å²) in [4.78, 5) is 9.89. The molecule has 0 atom stereocenters. The minimum Gasteiger partial charge on any atom is -0.486 e. The molecular formula is C14H11NO7S. The number of hydrogen-bond acceptors (Lipinski definition) is 7. The Hall–Kier alpha value is -2.81. The second-order valence-corrected chi connectivity index (χ2v) is 6.14. The molecule has 0 fully saturated rings. The molecule has 1 aliphatic rings. The van der Waals surface area contributed by atoms with E-state index in [4.69, 9.17) is 13.7 Å². The zero-order valence-corrected chi connectivity index (χ0v) is 12.5.